The molecule has 4 heteroatoms. The number of pyridine rings is 2. The summed E-state index contributed by atoms with van der Waals surface area (Å²) < 4.78 is 0. The summed E-state index contributed by atoms with van der Waals surface area (Å²) in [6.45, 7) is 1.97. The van der Waals surface area contributed by atoms with E-state index < -0.39 is 0 Å². The first-order valence-electron chi connectivity index (χ1n) is 5.97. The van der Waals surface area contributed by atoms with Crippen molar-refractivity contribution in [1.29, 1.82) is 0 Å². The molecule has 3 nitrogen and oxygen atoms in total. The van der Waals surface area contributed by atoms with Gasteiger partial charge in [-0.1, -0.05) is 23.7 Å². The zero-order chi connectivity index (χ0) is 13.2. The minimum absolute atomic E-state index is 0.689. The summed E-state index contributed by atoms with van der Waals surface area (Å²) in [5.41, 5.74) is 2.73. The number of hydrogen-bond acceptors (Lipinski definition) is 3. The van der Waals surface area contributed by atoms with Crippen LogP contribution in [0, 0.1) is 6.92 Å². The molecule has 0 saturated heterocycles. The predicted octanol–water partition coefficient (Wildman–Crippen LogP) is 4.34. The van der Waals surface area contributed by atoms with E-state index in [1.54, 1.807) is 6.20 Å². The molecule has 1 aromatic carbocycles. The lowest BCUT2D eigenvalue weighted by atomic mass is 10.2. The Morgan fingerprint density at radius 3 is 2.84 bits per heavy atom. The summed E-state index contributed by atoms with van der Waals surface area (Å²) in [4.78, 5) is 8.89. The van der Waals surface area contributed by atoms with Gasteiger partial charge in [0.15, 0.2) is 5.82 Å². The largest absolute Gasteiger partial charge is 0.338 e. The molecule has 0 bridgehead atoms. The molecule has 0 fully saturated rings. The third-order valence-corrected chi connectivity index (χ3v) is 3.07. The Kier molecular flexibility index (Phi) is 3.05. The van der Waals surface area contributed by atoms with E-state index in [-0.39, 0.29) is 0 Å². The zero-order valence-electron chi connectivity index (χ0n) is 10.4. The average Bonchev–Trinajstić information content (AvgIpc) is 2.39. The fourth-order valence-corrected chi connectivity index (χ4v) is 2.13. The molecule has 0 amide bonds. The number of anilines is 2. The summed E-state index contributed by atoms with van der Waals surface area (Å²) in [6.07, 6.45) is 1.77. The second kappa shape index (κ2) is 4.86. The van der Waals surface area contributed by atoms with Crippen molar-refractivity contribution >= 4 is 34.0 Å². The Hall–Kier alpha value is -2.13. The molecule has 0 aliphatic carbocycles. The highest BCUT2D eigenvalue weighted by molar-refractivity contribution is 6.30. The van der Waals surface area contributed by atoms with E-state index in [2.05, 4.69) is 15.3 Å². The van der Waals surface area contributed by atoms with Gasteiger partial charge in [0, 0.05) is 28.0 Å². The summed E-state index contributed by atoms with van der Waals surface area (Å²) in [5, 5.41) is 5.01. The van der Waals surface area contributed by atoms with Crippen molar-refractivity contribution in [2.24, 2.45) is 0 Å². The number of aryl methyl sites for hydroxylation is 1. The van der Waals surface area contributed by atoms with Crippen LogP contribution in [-0.4, -0.2) is 9.97 Å². The van der Waals surface area contributed by atoms with E-state index in [9.17, 15) is 0 Å². The molecule has 0 spiro atoms. The number of aromatic nitrogens is 2. The van der Waals surface area contributed by atoms with E-state index in [4.69, 9.17) is 11.6 Å². The van der Waals surface area contributed by atoms with Crippen LogP contribution in [0.2, 0.25) is 5.02 Å². The second-order valence-corrected chi connectivity index (χ2v) is 4.76. The van der Waals surface area contributed by atoms with E-state index >= 15 is 0 Å². The molecule has 0 unspecified atom stereocenters. The summed E-state index contributed by atoms with van der Waals surface area (Å²) >= 11 is 5.98. The van der Waals surface area contributed by atoms with E-state index in [0.29, 0.717) is 5.02 Å². The maximum atomic E-state index is 5.98. The molecule has 3 aromatic rings. The van der Waals surface area contributed by atoms with Crippen LogP contribution >= 0.6 is 11.6 Å². The van der Waals surface area contributed by atoms with E-state index in [0.717, 1.165) is 28.1 Å². The lowest BCUT2D eigenvalue weighted by molar-refractivity contribution is 1.23. The summed E-state index contributed by atoms with van der Waals surface area (Å²) in [7, 11) is 0. The van der Waals surface area contributed by atoms with Crippen LogP contribution in [-0.2, 0) is 0 Å². The van der Waals surface area contributed by atoms with Crippen molar-refractivity contribution in [2.75, 3.05) is 5.32 Å². The molecule has 2 heterocycles. The third-order valence-electron chi connectivity index (χ3n) is 2.84. The quantitative estimate of drug-likeness (QED) is 0.752. The molecule has 94 valence electrons. The van der Waals surface area contributed by atoms with Crippen molar-refractivity contribution in [3.8, 4) is 0 Å². The highest BCUT2D eigenvalue weighted by Crippen LogP contribution is 2.24. The van der Waals surface area contributed by atoms with Gasteiger partial charge in [-0.15, -0.1) is 0 Å². The van der Waals surface area contributed by atoms with E-state index in [1.807, 2.05) is 49.4 Å². The molecule has 3 rings (SSSR count). The molecule has 0 atom stereocenters. The lowest BCUT2D eigenvalue weighted by Gasteiger charge is -2.08. The molecule has 19 heavy (non-hydrogen) atoms. The van der Waals surface area contributed by atoms with Crippen molar-refractivity contribution in [3.63, 3.8) is 0 Å². The van der Waals surface area contributed by atoms with Crippen LogP contribution < -0.4 is 5.32 Å². The molecule has 0 aliphatic rings. The van der Waals surface area contributed by atoms with Gasteiger partial charge in [-0.05, 0) is 37.3 Å². The maximum Gasteiger partial charge on any atom is 0.156 e. The molecule has 0 aliphatic heterocycles. The Balaban J connectivity index is 2.07. The number of nitrogens with zero attached hydrogens (tertiary/aromatic N) is 2. The van der Waals surface area contributed by atoms with Crippen LogP contribution in [0.3, 0.4) is 0 Å². The number of benzene rings is 1. The Bertz CT molecular complexity index is 740. The fraction of sp³-hybridized carbons (Fsp3) is 0.0667. The second-order valence-electron chi connectivity index (χ2n) is 4.32. The van der Waals surface area contributed by atoms with Gasteiger partial charge in [0.05, 0.1) is 0 Å². The maximum absolute atomic E-state index is 5.98. The van der Waals surface area contributed by atoms with Gasteiger partial charge in [-0.2, -0.15) is 0 Å². The van der Waals surface area contributed by atoms with Gasteiger partial charge in [0.25, 0.3) is 0 Å². The molecule has 2 aromatic heterocycles. The van der Waals surface area contributed by atoms with Crippen LogP contribution in [0.25, 0.3) is 10.9 Å². The molecule has 0 radical (unpaired) electrons. The highest BCUT2D eigenvalue weighted by atomic mass is 35.5. The van der Waals surface area contributed by atoms with Crippen LogP contribution in [0.1, 0.15) is 5.69 Å². The Morgan fingerprint density at radius 2 is 2.00 bits per heavy atom. The summed E-state index contributed by atoms with van der Waals surface area (Å²) in [5.74, 6) is 0.739. The van der Waals surface area contributed by atoms with Crippen molar-refractivity contribution in [2.45, 2.75) is 6.92 Å². The fourth-order valence-electron chi connectivity index (χ4n) is 1.94. The molecule has 1 N–H and O–H groups in total. The van der Waals surface area contributed by atoms with E-state index in [1.165, 1.54) is 0 Å². The highest BCUT2D eigenvalue weighted by Gasteiger charge is 2.04. The number of nitrogens with one attached hydrogen (secondary N) is 1. The van der Waals surface area contributed by atoms with Gasteiger partial charge in [-0.25, -0.2) is 9.97 Å². The minimum Gasteiger partial charge on any atom is -0.338 e. The number of hydrogen-bond donors (Lipinski definition) is 1. The Labute approximate surface area is 116 Å². The van der Waals surface area contributed by atoms with Gasteiger partial charge < -0.3 is 5.32 Å². The first-order valence-corrected chi connectivity index (χ1v) is 6.35. The van der Waals surface area contributed by atoms with Crippen LogP contribution in [0.15, 0.2) is 48.7 Å². The lowest BCUT2D eigenvalue weighted by Crippen LogP contribution is -1.96. The average molecular weight is 270 g/mol. The van der Waals surface area contributed by atoms with Crippen molar-refractivity contribution in [1.82, 2.24) is 9.97 Å². The van der Waals surface area contributed by atoms with Gasteiger partial charge in [-0.3, -0.25) is 0 Å². The monoisotopic (exact) mass is 269 g/mol. The van der Waals surface area contributed by atoms with Crippen molar-refractivity contribution in [3.05, 3.63) is 59.4 Å². The van der Waals surface area contributed by atoms with Crippen LogP contribution in [0.5, 0.6) is 0 Å². The Morgan fingerprint density at radius 1 is 1.11 bits per heavy atom. The van der Waals surface area contributed by atoms with Crippen molar-refractivity contribution < 1.29 is 0 Å². The number of rotatable bonds is 2. The third kappa shape index (κ3) is 2.51. The SMILES string of the molecule is Cc1ccc2ccnc(Nc3cccc(Cl)c3)c2n1. The molecular formula is C15H12ClN3. The van der Waals surface area contributed by atoms with Gasteiger partial charge in [0.1, 0.15) is 5.52 Å². The zero-order valence-corrected chi connectivity index (χ0v) is 11.1. The van der Waals surface area contributed by atoms with Gasteiger partial charge >= 0.3 is 0 Å². The van der Waals surface area contributed by atoms with Gasteiger partial charge in [0.2, 0.25) is 0 Å². The molecular weight excluding hydrogens is 258 g/mol. The number of fused-ring (bicyclic) bond motifs is 1. The standard InChI is InChI=1S/C15H12ClN3/c1-10-5-6-11-7-8-17-15(14(11)18-10)19-13-4-2-3-12(16)9-13/h2-9H,1H3,(H,17,19). The predicted molar refractivity (Wildman–Crippen MR) is 79.0 cm³/mol. The summed E-state index contributed by atoms with van der Waals surface area (Å²) in [6, 6.07) is 13.5. The normalized spacial score (nSPS) is 10.6. The minimum atomic E-state index is 0.689. The first-order chi connectivity index (χ1) is 9.22. The molecule has 0 saturated carbocycles. The first kappa shape index (κ1) is 11.9. The smallest absolute Gasteiger partial charge is 0.156 e. The van der Waals surface area contributed by atoms with Crippen LogP contribution in [0.4, 0.5) is 11.5 Å². The number of halogens is 1. The topological polar surface area (TPSA) is 37.8 Å².